The van der Waals surface area contributed by atoms with Gasteiger partial charge in [0.05, 0.1) is 6.10 Å². The van der Waals surface area contributed by atoms with Crippen molar-refractivity contribution in [2.45, 2.75) is 79.2 Å². The molecule has 0 aliphatic heterocycles. The number of unbranched alkanes of at least 4 members (excludes halogenated alkanes) is 2. The van der Waals surface area contributed by atoms with Crippen LogP contribution in [0.4, 0.5) is 0 Å². The summed E-state index contributed by atoms with van der Waals surface area (Å²) in [5, 5.41) is 9.15. The fourth-order valence-electron chi connectivity index (χ4n) is 1.94. The maximum Gasteiger partial charge on any atom is 0.0512 e. The van der Waals surface area contributed by atoms with Crippen molar-refractivity contribution in [3.05, 3.63) is 41.5 Å². The van der Waals surface area contributed by atoms with Gasteiger partial charge in [-0.15, -0.1) is 0 Å². The highest BCUT2D eigenvalue weighted by atomic mass is 16.3. The molecule has 0 saturated carbocycles. The normalized spacial score (nSPS) is 12.6. The molecule has 0 bridgehead atoms. The number of aliphatic hydroxyl groups is 1. The van der Waals surface area contributed by atoms with Gasteiger partial charge < -0.3 is 5.11 Å². The molecule has 1 rings (SSSR count). The van der Waals surface area contributed by atoms with Crippen LogP contribution in [0.25, 0.3) is 6.08 Å². The third kappa shape index (κ3) is 12.6. The summed E-state index contributed by atoms with van der Waals surface area (Å²) >= 11 is 0. The SMILES string of the molecule is CC(C)C.CC(C)c1cccc(/C=C/CCCC[C@H](C)O)c1. The first-order valence-electron chi connectivity index (χ1n) is 8.77. The lowest BCUT2D eigenvalue weighted by molar-refractivity contribution is 0.181. The molecule has 0 unspecified atom stereocenters. The van der Waals surface area contributed by atoms with Crippen LogP contribution < -0.4 is 0 Å². The molecule has 0 spiro atoms. The van der Waals surface area contributed by atoms with Crippen LogP contribution in [0.5, 0.6) is 0 Å². The zero-order chi connectivity index (χ0) is 17.0. The van der Waals surface area contributed by atoms with E-state index in [4.69, 9.17) is 5.11 Å². The highest BCUT2D eigenvalue weighted by Crippen LogP contribution is 2.16. The summed E-state index contributed by atoms with van der Waals surface area (Å²) in [4.78, 5) is 0. The molecule has 1 nitrogen and oxygen atoms in total. The van der Waals surface area contributed by atoms with Crippen LogP contribution in [-0.2, 0) is 0 Å². The van der Waals surface area contributed by atoms with Crippen molar-refractivity contribution in [3.8, 4) is 0 Å². The minimum atomic E-state index is -0.156. The average Bonchev–Trinajstić information content (AvgIpc) is 2.42. The molecule has 0 radical (unpaired) electrons. The Kier molecular flexibility index (Phi) is 11.9. The topological polar surface area (TPSA) is 20.2 Å². The Bertz CT molecular complexity index is 399. The van der Waals surface area contributed by atoms with E-state index < -0.39 is 0 Å². The maximum absolute atomic E-state index is 9.15. The summed E-state index contributed by atoms with van der Waals surface area (Å²) in [5.41, 5.74) is 2.68. The molecular weight excluding hydrogens is 268 g/mol. The second kappa shape index (κ2) is 12.5. The Morgan fingerprint density at radius 2 is 1.64 bits per heavy atom. The first-order chi connectivity index (χ1) is 10.3. The fraction of sp³-hybridized carbons (Fsp3) is 0.619. The van der Waals surface area contributed by atoms with E-state index in [0.717, 1.165) is 31.6 Å². The second-order valence-corrected chi connectivity index (χ2v) is 7.09. The Balaban J connectivity index is 0.000000980. The molecule has 1 aromatic rings. The van der Waals surface area contributed by atoms with Crippen LogP contribution in [0.15, 0.2) is 30.3 Å². The summed E-state index contributed by atoms with van der Waals surface area (Å²) in [6.07, 6.45) is 8.56. The number of benzene rings is 1. The monoisotopic (exact) mass is 304 g/mol. The van der Waals surface area contributed by atoms with Crippen LogP contribution in [0.1, 0.15) is 84.3 Å². The quantitative estimate of drug-likeness (QED) is 0.576. The summed E-state index contributed by atoms with van der Waals surface area (Å²) in [5.74, 6) is 1.42. The van der Waals surface area contributed by atoms with Crippen LogP contribution in [-0.4, -0.2) is 11.2 Å². The number of aliphatic hydroxyl groups excluding tert-OH is 1. The number of hydrogen-bond donors (Lipinski definition) is 1. The summed E-state index contributed by atoms with van der Waals surface area (Å²) in [7, 11) is 0. The fourth-order valence-corrected chi connectivity index (χ4v) is 1.94. The minimum absolute atomic E-state index is 0.156. The number of hydrogen-bond acceptors (Lipinski definition) is 1. The highest BCUT2D eigenvalue weighted by molar-refractivity contribution is 5.50. The standard InChI is InChI=1S/C17H26O.C4H10/c1-14(2)17-12-8-11-16(13-17)10-7-5-4-6-9-15(3)18;1-4(2)3/h7-8,10-15,18H,4-6,9H2,1-3H3;4H,1-3H3/b10-7+;/t15-;/m0./s1. The van der Waals surface area contributed by atoms with Crippen molar-refractivity contribution in [2.24, 2.45) is 5.92 Å². The molecule has 1 atom stereocenters. The molecule has 22 heavy (non-hydrogen) atoms. The molecule has 0 aliphatic carbocycles. The van der Waals surface area contributed by atoms with E-state index in [2.05, 4.69) is 71.0 Å². The van der Waals surface area contributed by atoms with Gasteiger partial charge in [0, 0.05) is 0 Å². The predicted molar refractivity (Wildman–Crippen MR) is 100 cm³/mol. The van der Waals surface area contributed by atoms with Gasteiger partial charge in [-0.2, -0.15) is 0 Å². The molecule has 1 N–H and O–H groups in total. The van der Waals surface area contributed by atoms with Gasteiger partial charge in [0.2, 0.25) is 0 Å². The lowest BCUT2D eigenvalue weighted by atomic mass is 10.0. The molecule has 0 aliphatic rings. The van der Waals surface area contributed by atoms with E-state index in [1.54, 1.807) is 0 Å². The van der Waals surface area contributed by atoms with Crippen molar-refractivity contribution in [2.75, 3.05) is 0 Å². The molecule has 0 saturated heterocycles. The van der Waals surface area contributed by atoms with E-state index in [1.807, 2.05) is 6.92 Å². The number of allylic oxidation sites excluding steroid dienone is 1. The van der Waals surface area contributed by atoms with Crippen LogP contribution in [0.3, 0.4) is 0 Å². The Hall–Kier alpha value is -1.08. The first-order valence-corrected chi connectivity index (χ1v) is 8.77. The van der Waals surface area contributed by atoms with E-state index in [0.29, 0.717) is 5.92 Å². The average molecular weight is 305 g/mol. The van der Waals surface area contributed by atoms with Gasteiger partial charge in [-0.3, -0.25) is 0 Å². The lowest BCUT2D eigenvalue weighted by Crippen LogP contribution is -1.97. The Morgan fingerprint density at radius 3 is 2.18 bits per heavy atom. The van der Waals surface area contributed by atoms with Gasteiger partial charge in [0.25, 0.3) is 0 Å². The third-order valence-corrected chi connectivity index (χ3v) is 3.13. The predicted octanol–water partition coefficient (Wildman–Crippen LogP) is 6.43. The summed E-state index contributed by atoms with van der Waals surface area (Å²) in [6, 6.07) is 8.72. The third-order valence-electron chi connectivity index (χ3n) is 3.13. The lowest BCUT2D eigenvalue weighted by Gasteiger charge is -2.05. The van der Waals surface area contributed by atoms with Crippen molar-refractivity contribution >= 4 is 6.08 Å². The molecular formula is C21H36O. The largest absolute Gasteiger partial charge is 0.393 e. The second-order valence-electron chi connectivity index (χ2n) is 7.09. The van der Waals surface area contributed by atoms with Crippen molar-refractivity contribution in [1.29, 1.82) is 0 Å². The van der Waals surface area contributed by atoms with E-state index in [1.165, 1.54) is 11.1 Å². The summed E-state index contributed by atoms with van der Waals surface area (Å²) < 4.78 is 0. The zero-order valence-corrected chi connectivity index (χ0v) is 15.5. The van der Waals surface area contributed by atoms with Crippen LogP contribution >= 0.6 is 0 Å². The Morgan fingerprint density at radius 1 is 1.00 bits per heavy atom. The van der Waals surface area contributed by atoms with Gasteiger partial charge in [-0.05, 0) is 49.1 Å². The van der Waals surface area contributed by atoms with Crippen molar-refractivity contribution in [3.63, 3.8) is 0 Å². The zero-order valence-electron chi connectivity index (χ0n) is 15.5. The molecule has 1 heteroatoms. The van der Waals surface area contributed by atoms with Gasteiger partial charge in [-0.1, -0.05) is 77.5 Å². The first kappa shape index (κ1) is 20.9. The van der Waals surface area contributed by atoms with E-state index in [-0.39, 0.29) is 6.10 Å². The summed E-state index contributed by atoms with van der Waals surface area (Å²) in [6.45, 7) is 12.8. The number of rotatable bonds is 7. The maximum atomic E-state index is 9.15. The molecule has 0 aromatic heterocycles. The van der Waals surface area contributed by atoms with Gasteiger partial charge >= 0.3 is 0 Å². The molecule has 0 fully saturated rings. The van der Waals surface area contributed by atoms with Crippen molar-refractivity contribution in [1.82, 2.24) is 0 Å². The molecule has 1 aromatic carbocycles. The van der Waals surface area contributed by atoms with Crippen LogP contribution in [0.2, 0.25) is 0 Å². The van der Waals surface area contributed by atoms with Crippen molar-refractivity contribution < 1.29 is 5.11 Å². The molecule has 126 valence electrons. The van der Waals surface area contributed by atoms with Gasteiger partial charge in [0.1, 0.15) is 0 Å². The van der Waals surface area contributed by atoms with E-state index in [9.17, 15) is 0 Å². The highest BCUT2D eigenvalue weighted by Gasteiger charge is 1.98. The van der Waals surface area contributed by atoms with E-state index >= 15 is 0 Å². The molecule has 0 amide bonds. The minimum Gasteiger partial charge on any atom is -0.393 e. The van der Waals surface area contributed by atoms with Gasteiger partial charge in [-0.25, -0.2) is 0 Å². The Labute approximate surface area is 138 Å². The van der Waals surface area contributed by atoms with Crippen LogP contribution in [0, 0.1) is 5.92 Å². The van der Waals surface area contributed by atoms with Gasteiger partial charge in [0.15, 0.2) is 0 Å². The smallest absolute Gasteiger partial charge is 0.0512 e. The molecule has 0 heterocycles.